The molecule has 84 valence electrons. The van der Waals surface area contributed by atoms with Crippen LogP contribution >= 0.6 is 11.8 Å². The van der Waals surface area contributed by atoms with Crippen LogP contribution in [0.1, 0.15) is 18.9 Å². The van der Waals surface area contributed by atoms with E-state index in [9.17, 15) is 0 Å². The Balaban J connectivity index is 2.13. The minimum atomic E-state index is 0.278. The van der Waals surface area contributed by atoms with Crippen molar-refractivity contribution >= 4 is 17.4 Å². The molecule has 1 fully saturated rings. The van der Waals surface area contributed by atoms with Gasteiger partial charge < -0.3 is 10.5 Å². The summed E-state index contributed by atoms with van der Waals surface area (Å²) < 4.78 is 5.51. The molecule has 1 aromatic rings. The van der Waals surface area contributed by atoms with Crippen molar-refractivity contribution in [2.24, 2.45) is 0 Å². The number of nitrogen functional groups attached to an aromatic ring is 1. The molecular weight excluding hydrogens is 220 g/mol. The summed E-state index contributed by atoms with van der Waals surface area (Å²) >= 11 is 1.75. The lowest BCUT2D eigenvalue weighted by Crippen LogP contribution is -2.13. The van der Waals surface area contributed by atoms with Crippen molar-refractivity contribution in [3.63, 3.8) is 0 Å². The van der Waals surface area contributed by atoms with E-state index in [2.05, 4.69) is 13.0 Å². The Kier molecular flexibility index (Phi) is 3.37. The van der Waals surface area contributed by atoms with Crippen molar-refractivity contribution < 1.29 is 4.74 Å². The van der Waals surface area contributed by atoms with Gasteiger partial charge in [-0.05, 0) is 31.5 Å². The van der Waals surface area contributed by atoms with Crippen LogP contribution in [0.4, 0.5) is 5.69 Å². The highest BCUT2D eigenvalue weighted by molar-refractivity contribution is 8.00. The van der Waals surface area contributed by atoms with Crippen LogP contribution in [-0.2, 0) is 4.74 Å². The molecule has 1 heterocycles. The smallest absolute Gasteiger partial charge is 0.0992 e. The van der Waals surface area contributed by atoms with Gasteiger partial charge in [-0.2, -0.15) is 5.26 Å². The predicted molar refractivity (Wildman–Crippen MR) is 65.2 cm³/mol. The second kappa shape index (κ2) is 4.77. The van der Waals surface area contributed by atoms with Crippen molar-refractivity contribution in [2.75, 3.05) is 12.3 Å². The first kappa shape index (κ1) is 11.3. The number of rotatable bonds is 2. The number of hydrogen-bond acceptors (Lipinski definition) is 4. The lowest BCUT2D eigenvalue weighted by Gasteiger charge is -2.14. The van der Waals surface area contributed by atoms with Gasteiger partial charge >= 0.3 is 0 Å². The Morgan fingerprint density at radius 1 is 1.56 bits per heavy atom. The van der Waals surface area contributed by atoms with Gasteiger partial charge in [0.2, 0.25) is 0 Å². The Labute approximate surface area is 99.6 Å². The summed E-state index contributed by atoms with van der Waals surface area (Å²) in [4.78, 5) is 1.04. The van der Waals surface area contributed by atoms with Gasteiger partial charge in [-0.3, -0.25) is 0 Å². The number of nitrogens with zero attached hydrogens (tertiary/aromatic N) is 1. The first-order valence-corrected chi connectivity index (χ1v) is 6.16. The van der Waals surface area contributed by atoms with Crippen LogP contribution < -0.4 is 5.73 Å². The first-order valence-electron chi connectivity index (χ1n) is 5.28. The number of ether oxygens (including phenoxy) is 1. The molecule has 0 bridgehead atoms. The van der Waals surface area contributed by atoms with Gasteiger partial charge in [-0.1, -0.05) is 0 Å². The third kappa shape index (κ3) is 2.31. The molecule has 16 heavy (non-hydrogen) atoms. The van der Waals surface area contributed by atoms with Crippen molar-refractivity contribution in [1.82, 2.24) is 0 Å². The van der Waals surface area contributed by atoms with Crippen LogP contribution in [0.5, 0.6) is 0 Å². The van der Waals surface area contributed by atoms with Crippen LogP contribution in [0.2, 0.25) is 0 Å². The van der Waals surface area contributed by atoms with E-state index < -0.39 is 0 Å². The zero-order valence-electron chi connectivity index (χ0n) is 9.14. The molecule has 1 aliphatic rings. The summed E-state index contributed by atoms with van der Waals surface area (Å²) in [5.41, 5.74) is 7.20. The van der Waals surface area contributed by atoms with Crippen LogP contribution in [0.3, 0.4) is 0 Å². The second-order valence-electron chi connectivity index (χ2n) is 3.89. The molecule has 2 atom stereocenters. The summed E-state index contributed by atoms with van der Waals surface area (Å²) in [5.74, 6) is 0. The number of benzene rings is 1. The number of anilines is 1. The molecule has 4 heteroatoms. The maximum atomic E-state index is 8.75. The molecule has 2 N–H and O–H groups in total. The van der Waals surface area contributed by atoms with Crippen molar-refractivity contribution in [3.05, 3.63) is 23.8 Å². The molecule has 0 spiro atoms. The lowest BCUT2D eigenvalue weighted by molar-refractivity contribution is 0.127. The number of nitriles is 1. The van der Waals surface area contributed by atoms with E-state index in [1.807, 2.05) is 6.07 Å². The van der Waals surface area contributed by atoms with Crippen LogP contribution in [0.25, 0.3) is 0 Å². The predicted octanol–water partition coefficient (Wildman–Crippen LogP) is 2.41. The van der Waals surface area contributed by atoms with E-state index >= 15 is 0 Å². The van der Waals surface area contributed by atoms with E-state index in [4.69, 9.17) is 15.7 Å². The Hall–Kier alpha value is -1.18. The highest BCUT2D eigenvalue weighted by Crippen LogP contribution is 2.35. The lowest BCUT2D eigenvalue weighted by atomic mass is 10.2. The van der Waals surface area contributed by atoms with E-state index in [1.54, 1.807) is 23.9 Å². The van der Waals surface area contributed by atoms with E-state index in [-0.39, 0.29) is 6.10 Å². The van der Waals surface area contributed by atoms with Crippen LogP contribution in [0, 0.1) is 11.3 Å². The highest BCUT2D eigenvalue weighted by atomic mass is 32.2. The summed E-state index contributed by atoms with van der Waals surface area (Å²) in [6.45, 7) is 2.92. The third-order valence-corrected chi connectivity index (χ3v) is 4.27. The maximum Gasteiger partial charge on any atom is 0.0992 e. The molecule has 0 aliphatic carbocycles. The van der Waals surface area contributed by atoms with Gasteiger partial charge in [-0.15, -0.1) is 11.8 Å². The zero-order chi connectivity index (χ0) is 11.5. The fourth-order valence-corrected chi connectivity index (χ4v) is 2.91. The fraction of sp³-hybridized carbons (Fsp3) is 0.417. The molecule has 0 saturated carbocycles. The molecule has 0 radical (unpaired) electrons. The quantitative estimate of drug-likeness (QED) is 0.798. The van der Waals surface area contributed by atoms with Crippen LogP contribution in [0.15, 0.2) is 23.1 Å². The summed E-state index contributed by atoms with van der Waals surface area (Å²) in [6, 6.07) is 7.53. The highest BCUT2D eigenvalue weighted by Gasteiger charge is 2.25. The fourth-order valence-electron chi connectivity index (χ4n) is 1.76. The minimum absolute atomic E-state index is 0.278. The van der Waals surface area contributed by atoms with Crippen molar-refractivity contribution in [3.8, 4) is 6.07 Å². The number of thioether (sulfide) groups is 1. The summed E-state index contributed by atoms with van der Waals surface area (Å²) in [6.07, 6.45) is 1.34. The van der Waals surface area contributed by atoms with Crippen molar-refractivity contribution in [1.29, 1.82) is 5.26 Å². The summed E-state index contributed by atoms with van der Waals surface area (Å²) in [7, 11) is 0. The van der Waals surface area contributed by atoms with E-state index in [0.717, 1.165) is 17.9 Å². The maximum absolute atomic E-state index is 8.75. The molecule has 3 nitrogen and oxygen atoms in total. The average molecular weight is 234 g/mol. The zero-order valence-corrected chi connectivity index (χ0v) is 9.96. The SMILES string of the molecule is CC1OCCC1Sc1ccc(C#N)cc1N. The number of nitrogens with two attached hydrogens (primary N) is 1. The minimum Gasteiger partial charge on any atom is -0.398 e. The largest absolute Gasteiger partial charge is 0.398 e. The topological polar surface area (TPSA) is 59.0 Å². The molecule has 0 amide bonds. The molecule has 2 rings (SSSR count). The average Bonchev–Trinajstić information content (AvgIpc) is 2.67. The number of hydrogen-bond donors (Lipinski definition) is 1. The molecular formula is C12H14N2OS. The van der Waals surface area contributed by atoms with Gasteiger partial charge in [-0.25, -0.2) is 0 Å². The van der Waals surface area contributed by atoms with Gasteiger partial charge in [0.15, 0.2) is 0 Å². The Morgan fingerprint density at radius 3 is 2.94 bits per heavy atom. The monoisotopic (exact) mass is 234 g/mol. The molecule has 1 aliphatic heterocycles. The first-order chi connectivity index (χ1) is 7.70. The Bertz CT molecular complexity index is 428. The second-order valence-corrected chi connectivity index (χ2v) is 5.17. The standard InChI is InChI=1S/C12H14N2OS/c1-8-11(4-5-15-8)16-12-3-2-9(7-13)6-10(12)14/h2-3,6,8,11H,4-5,14H2,1H3. The van der Waals surface area contributed by atoms with Gasteiger partial charge in [0.1, 0.15) is 0 Å². The molecule has 0 aromatic heterocycles. The van der Waals surface area contributed by atoms with Gasteiger partial charge in [0.25, 0.3) is 0 Å². The van der Waals surface area contributed by atoms with Crippen LogP contribution in [-0.4, -0.2) is 18.0 Å². The Morgan fingerprint density at radius 2 is 2.38 bits per heavy atom. The molecule has 1 saturated heterocycles. The van der Waals surface area contributed by atoms with Gasteiger partial charge in [0, 0.05) is 22.4 Å². The summed E-state index contributed by atoms with van der Waals surface area (Å²) in [5, 5.41) is 9.21. The van der Waals surface area contributed by atoms with E-state index in [0.29, 0.717) is 16.5 Å². The van der Waals surface area contributed by atoms with Crippen molar-refractivity contribution in [2.45, 2.75) is 29.6 Å². The third-order valence-electron chi connectivity index (χ3n) is 2.72. The van der Waals surface area contributed by atoms with E-state index in [1.165, 1.54) is 0 Å². The normalized spacial score (nSPS) is 24.2. The molecule has 1 aromatic carbocycles. The molecule has 2 unspecified atom stereocenters. The van der Waals surface area contributed by atoms with Gasteiger partial charge in [0.05, 0.1) is 17.7 Å².